The highest BCUT2D eigenvalue weighted by Crippen LogP contribution is 2.09. The fourth-order valence-corrected chi connectivity index (χ4v) is 1.43. The van der Waals surface area contributed by atoms with Crippen molar-refractivity contribution in [3.63, 3.8) is 0 Å². The van der Waals surface area contributed by atoms with E-state index in [1.165, 1.54) is 12.1 Å². The van der Waals surface area contributed by atoms with E-state index in [-0.39, 0.29) is 17.9 Å². The van der Waals surface area contributed by atoms with Crippen LogP contribution in [0.15, 0.2) is 42.5 Å². The molecule has 2 aromatic rings. The first kappa shape index (κ1) is 12.5. The van der Waals surface area contributed by atoms with Gasteiger partial charge in [-0.05, 0) is 5.56 Å². The van der Waals surface area contributed by atoms with Crippen LogP contribution in [0.5, 0.6) is 5.88 Å². The van der Waals surface area contributed by atoms with Crippen LogP contribution in [0.3, 0.4) is 0 Å². The minimum atomic E-state index is -1.87. The van der Waals surface area contributed by atoms with Crippen molar-refractivity contribution in [1.29, 1.82) is 0 Å². The van der Waals surface area contributed by atoms with Gasteiger partial charge in [-0.1, -0.05) is 36.4 Å². The van der Waals surface area contributed by atoms with Gasteiger partial charge in [0.25, 0.3) is 0 Å². The van der Waals surface area contributed by atoms with Crippen LogP contribution in [0.2, 0.25) is 0 Å². The van der Waals surface area contributed by atoms with Crippen molar-refractivity contribution in [1.82, 2.24) is 4.98 Å². The molecular weight excluding hydrogens is 236 g/mol. The van der Waals surface area contributed by atoms with Crippen LogP contribution in [0, 0.1) is 5.95 Å². The van der Waals surface area contributed by atoms with E-state index in [1.54, 1.807) is 0 Å². The van der Waals surface area contributed by atoms with Gasteiger partial charge in [0.15, 0.2) is 0 Å². The van der Waals surface area contributed by atoms with Crippen molar-refractivity contribution in [2.75, 3.05) is 0 Å². The number of hydrogen-bond donors (Lipinski definition) is 2. The molecule has 1 aromatic heterocycles. The van der Waals surface area contributed by atoms with Gasteiger partial charge >= 0.3 is 7.12 Å². The van der Waals surface area contributed by atoms with E-state index in [2.05, 4.69) is 4.98 Å². The lowest BCUT2D eigenvalue weighted by molar-refractivity contribution is 0.289. The molecule has 0 aliphatic heterocycles. The molecule has 0 unspecified atom stereocenters. The van der Waals surface area contributed by atoms with Crippen molar-refractivity contribution in [3.8, 4) is 5.88 Å². The maximum absolute atomic E-state index is 13.3. The zero-order chi connectivity index (χ0) is 13.0. The Kier molecular flexibility index (Phi) is 3.91. The van der Waals surface area contributed by atoms with Gasteiger partial charge in [0.05, 0.1) is 0 Å². The Morgan fingerprint density at radius 2 is 1.83 bits per heavy atom. The van der Waals surface area contributed by atoms with Crippen molar-refractivity contribution < 1.29 is 19.2 Å². The van der Waals surface area contributed by atoms with Crippen LogP contribution < -0.4 is 10.2 Å². The molecule has 92 valence electrons. The molecule has 0 amide bonds. The van der Waals surface area contributed by atoms with Gasteiger partial charge in [-0.3, -0.25) is 0 Å². The summed E-state index contributed by atoms with van der Waals surface area (Å²) in [5, 5.41) is 17.7. The lowest BCUT2D eigenvalue weighted by Crippen LogP contribution is -2.33. The Morgan fingerprint density at radius 1 is 1.11 bits per heavy atom. The number of nitrogens with zero attached hydrogens (tertiary/aromatic N) is 1. The van der Waals surface area contributed by atoms with Gasteiger partial charge < -0.3 is 14.8 Å². The van der Waals surface area contributed by atoms with Gasteiger partial charge in [0.1, 0.15) is 6.61 Å². The first-order valence-corrected chi connectivity index (χ1v) is 5.36. The molecule has 4 nitrogen and oxygen atoms in total. The summed E-state index contributed by atoms with van der Waals surface area (Å²) in [5.74, 6) is -0.851. The quantitative estimate of drug-likeness (QED) is 0.609. The number of hydrogen-bond acceptors (Lipinski definition) is 4. The third-order valence-corrected chi connectivity index (χ3v) is 2.36. The van der Waals surface area contributed by atoms with E-state index < -0.39 is 13.1 Å². The average molecular weight is 247 g/mol. The summed E-state index contributed by atoms with van der Waals surface area (Å²) in [6.07, 6.45) is 0. The first-order chi connectivity index (χ1) is 8.66. The van der Waals surface area contributed by atoms with E-state index in [0.717, 1.165) is 5.56 Å². The molecule has 2 rings (SSSR count). The summed E-state index contributed by atoms with van der Waals surface area (Å²) in [4.78, 5) is 3.50. The molecule has 18 heavy (non-hydrogen) atoms. The van der Waals surface area contributed by atoms with Crippen LogP contribution in [0.4, 0.5) is 4.39 Å². The van der Waals surface area contributed by atoms with Crippen molar-refractivity contribution >= 4 is 12.6 Å². The molecular formula is C12H11BFNO3. The molecule has 0 spiro atoms. The number of benzene rings is 1. The predicted octanol–water partition coefficient (Wildman–Crippen LogP) is 0.479. The Balaban J connectivity index is 2.05. The molecule has 0 fully saturated rings. The lowest BCUT2D eigenvalue weighted by Gasteiger charge is -2.07. The second kappa shape index (κ2) is 5.62. The second-order valence-corrected chi connectivity index (χ2v) is 3.68. The van der Waals surface area contributed by atoms with E-state index in [9.17, 15) is 4.39 Å². The van der Waals surface area contributed by atoms with Gasteiger partial charge in [-0.15, -0.1) is 0 Å². The van der Waals surface area contributed by atoms with Gasteiger partial charge in [0.2, 0.25) is 11.8 Å². The van der Waals surface area contributed by atoms with Crippen LogP contribution in [0.25, 0.3) is 0 Å². The number of pyridine rings is 1. The minimum Gasteiger partial charge on any atom is -0.473 e. The highest BCUT2D eigenvalue weighted by atomic mass is 19.1. The summed E-state index contributed by atoms with van der Waals surface area (Å²) < 4.78 is 18.6. The summed E-state index contributed by atoms with van der Waals surface area (Å²) in [6.45, 7) is 0.272. The Morgan fingerprint density at radius 3 is 2.44 bits per heavy atom. The molecule has 0 bridgehead atoms. The summed E-state index contributed by atoms with van der Waals surface area (Å²) in [7, 11) is -1.87. The largest absolute Gasteiger partial charge is 0.493 e. The maximum atomic E-state index is 13.3. The molecule has 2 N–H and O–H groups in total. The van der Waals surface area contributed by atoms with Crippen LogP contribution in [-0.4, -0.2) is 22.2 Å². The molecule has 1 aromatic carbocycles. The third kappa shape index (κ3) is 3.06. The monoisotopic (exact) mass is 247 g/mol. The molecule has 0 radical (unpaired) electrons. The van der Waals surface area contributed by atoms with E-state index in [4.69, 9.17) is 14.8 Å². The Hall–Kier alpha value is -1.92. The van der Waals surface area contributed by atoms with Crippen LogP contribution >= 0.6 is 0 Å². The van der Waals surface area contributed by atoms with Crippen molar-refractivity contribution in [2.24, 2.45) is 0 Å². The number of aromatic nitrogens is 1. The van der Waals surface area contributed by atoms with Gasteiger partial charge in [-0.25, -0.2) is 0 Å². The third-order valence-electron chi connectivity index (χ3n) is 2.36. The predicted molar refractivity (Wildman–Crippen MR) is 64.8 cm³/mol. The molecule has 1 heterocycles. The maximum Gasteiger partial charge on any atom is 0.493 e. The summed E-state index contributed by atoms with van der Waals surface area (Å²) in [6, 6.07) is 12.0. The standard InChI is InChI=1S/C12H11BFNO3/c14-12-10(13(16)17)6-7-11(15-12)18-8-9-4-2-1-3-5-9/h1-7,16-17H,8H2. The lowest BCUT2D eigenvalue weighted by atomic mass is 9.81. The number of rotatable bonds is 4. The first-order valence-electron chi connectivity index (χ1n) is 5.36. The highest BCUT2D eigenvalue weighted by molar-refractivity contribution is 6.58. The normalized spacial score (nSPS) is 10.2. The summed E-state index contributed by atoms with van der Waals surface area (Å²) in [5.41, 5.74) is 0.660. The molecule has 0 saturated carbocycles. The Bertz CT molecular complexity index is 522. The Labute approximate surface area is 104 Å². The van der Waals surface area contributed by atoms with E-state index in [0.29, 0.717) is 0 Å². The van der Waals surface area contributed by atoms with Crippen LogP contribution in [0.1, 0.15) is 5.56 Å². The number of ether oxygens (including phenoxy) is 1. The van der Waals surface area contributed by atoms with Crippen molar-refractivity contribution in [2.45, 2.75) is 6.61 Å². The minimum absolute atomic E-state index is 0.0979. The number of halogens is 1. The average Bonchev–Trinajstić information content (AvgIpc) is 2.37. The van der Waals surface area contributed by atoms with Gasteiger partial charge in [0, 0.05) is 11.5 Å². The molecule has 6 heteroatoms. The fourth-order valence-electron chi connectivity index (χ4n) is 1.43. The van der Waals surface area contributed by atoms with Crippen molar-refractivity contribution in [3.05, 3.63) is 54.0 Å². The SMILES string of the molecule is OB(O)c1ccc(OCc2ccccc2)nc1F. The summed E-state index contributed by atoms with van der Waals surface area (Å²) >= 11 is 0. The van der Waals surface area contributed by atoms with Crippen LogP contribution in [-0.2, 0) is 6.61 Å². The molecule has 0 aliphatic carbocycles. The van der Waals surface area contributed by atoms with E-state index in [1.807, 2.05) is 30.3 Å². The zero-order valence-corrected chi connectivity index (χ0v) is 9.45. The topological polar surface area (TPSA) is 62.6 Å². The smallest absolute Gasteiger partial charge is 0.473 e. The van der Waals surface area contributed by atoms with Gasteiger partial charge in [-0.2, -0.15) is 9.37 Å². The van der Waals surface area contributed by atoms with E-state index >= 15 is 0 Å². The molecule has 0 atom stereocenters. The zero-order valence-electron chi connectivity index (χ0n) is 9.45. The second-order valence-electron chi connectivity index (χ2n) is 3.68. The molecule has 0 aliphatic rings. The fraction of sp³-hybridized carbons (Fsp3) is 0.0833. The molecule has 0 saturated heterocycles. The highest BCUT2D eigenvalue weighted by Gasteiger charge is 2.18.